The van der Waals surface area contributed by atoms with Crippen LogP contribution in [0.5, 0.6) is 23.0 Å². The number of benzene rings is 2. The number of rotatable bonds is 5. The van der Waals surface area contributed by atoms with Crippen molar-refractivity contribution in [2.75, 3.05) is 46.1 Å². The molecule has 8 heteroatoms. The van der Waals surface area contributed by atoms with E-state index in [0.29, 0.717) is 41.5 Å². The highest BCUT2D eigenvalue weighted by Crippen LogP contribution is 2.41. The molecule has 3 heterocycles. The van der Waals surface area contributed by atoms with Crippen molar-refractivity contribution in [1.29, 1.82) is 0 Å². The van der Waals surface area contributed by atoms with Crippen molar-refractivity contribution >= 4 is 11.9 Å². The molecule has 0 aliphatic carbocycles. The van der Waals surface area contributed by atoms with Crippen LogP contribution < -0.4 is 14.2 Å². The third-order valence-electron chi connectivity index (χ3n) is 5.87. The molecular weight excluding hydrogens is 400 g/mol. The molecular formula is C23H24N2O6. The topological polar surface area (TPSA) is 91.7 Å². The van der Waals surface area contributed by atoms with Gasteiger partial charge in [-0.25, -0.2) is 0 Å². The zero-order valence-corrected chi connectivity index (χ0v) is 17.0. The minimum Gasteiger partial charge on any atom is -0.507 e. The highest BCUT2D eigenvalue weighted by Gasteiger charge is 2.32. The summed E-state index contributed by atoms with van der Waals surface area (Å²) in [4.78, 5) is 17.4. The van der Waals surface area contributed by atoms with Crippen molar-refractivity contribution in [3.63, 3.8) is 0 Å². The fourth-order valence-electron chi connectivity index (χ4n) is 4.14. The van der Waals surface area contributed by atoms with Gasteiger partial charge in [0, 0.05) is 39.3 Å². The van der Waals surface area contributed by atoms with E-state index >= 15 is 0 Å². The average molecular weight is 424 g/mol. The zero-order chi connectivity index (χ0) is 21.4. The number of phenolic OH excluding ortho intramolecular Hbond substituents is 1. The van der Waals surface area contributed by atoms with E-state index in [1.807, 2.05) is 6.07 Å². The van der Waals surface area contributed by atoms with Gasteiger partial charge in [0.2, 0.25) is 12.6 Å². The Morgan fingerprint density at radius 3 is 2.58 bits per heavy atom. The summed E-state index contributed by atoms with van der Waals surface area (Å²) >= 11 is 0. The van der Waals surface area contributed by atoms with Gasteiger partial charge in [-0.2, -0.15) is 0 Å². The van der Waals surface area contributed by atoms with Crippen LogP contribution in [-0.2, 0) is 6.54 Å². The van der Waals surface area contributed by atoms with Crippen molar-refractivity contribution in [1.82, 2.24) is 9.80 Å². The summed E-state index contributed by atoms with van der Waals surface area (Å²) in [5, 5.41) is 19.6. The number of nitrogens with zero attached hydrogens (tertiary/aromatic N) is 2. The van der Waals surface area contributed by atoms with Crippen molar-refractivity contribution in [2.45, 2.75) is 6.54 Å². The van der Waals surface area contributed by atoms with E-state index in [0.717, 1.165) is 31.7 Å². The molecule has 0 bridgehead atoms. The number of aromatic hydroxyl groups is 1. The summed E-state index contributed by atoms with van der Waals surface area (Å²) in [7, 11) is 0. The first-order valence-electron chi connectivity index (χ1n) is 10.4. The van der Waals surface area contributed by atoms with E-state index in [2.05, 4.69) is 9.80 Å². The van der Waals surface area contributed by atoms with E-state index in [1.165, 1.54) is 0 Å². The summed E-state index contributed by atoms with van der Waals surface area (Å²) < 4.78 is 16.7. The maximum absolute atomic E-state index is 12.9. The number of hydrogen-bond donors (Lipinski definition) is 2. The van der Waals surface area contributed by atoms with Crippen molar-refractivity contribution in [3.8, 4) is 23.0 Å². The molecule has 2 N–H and O–H groups in total. The minimum absolute atomic E-state index is 0.119. The second-order valence-corrected chi connectivity index (χ2v) is 7.83. The second-order valence-electron chi connectivity index (χ2n) is 7.83. The third-order valence-corrected chi connectivity index (χ3v) is 5.87. The minimum atomic E-state index is -0.207. The van der Waals surface area contributed by atoms with Crippen LogP contribution in [0.3, 0.4) is 0 Å². The number of carbonyl (C=O) groups is 1. The Labute approximate surface area is 179 Å². The SMILES string of the molecule is O=C1C(=Cc2ccc3c(c2)OCO3)Oc2c1ccc(O)c2CN1CCN(CCO)CC1. The fourth-order valence-corrected chi connectivity index (χ4v) is 4.14. The molecule has 5 rings (SSSR count). The Morgan fingerprint density at radius 1 is 1.00 bits per heavy atom. The van der Waals surface area contributed by atoms with Crippen LogP contribution in [0.4, 0.5) is 0 Å². The monoisotopic (exact) mass is 424 g/mol. The van der Waals surface area contributed by atoms with Crippen LogP contribution in [0, 0.1) is 0 Å². The zero-order valence-electron chi connectivity index (χ0n) is 17.0. The summed E-state index contributed by atoms with van der Waals surface area (Å²) in [5.41, 5.74) is 1.85. The Balaban J connectivity index is 1.36. The number of hydrogen-bond acceptors (Lipinski definition) is 8. The predicted octanol–water partition coefficient (Wildman–Crippen LogP) is 1.85. The largest absolute Gasteiger partial charge is 0.507 e. The van der Waals surface area contributed by atoms with Gasteiger partial charge in [-0.15, -0.1) is 0 Å². The van der Waals surface area contributed by atoms with E-state index in [1.54, 1.807) is 30.3 Å². The number of ether oxygens (including phenoxy) is 3. The number of ketones is 1. The molecule has 0 aromatic heterocycles. The lowest BCUT2D eigenvalue weighted by molar-refractivity contribution is 0.101. The fraction of sp³-hybridized carbons (Fsp3) is 0.348. The second kappa shape index (κ2) is 8.22. The molecule has 0 amide bonds. The van der Waals surface area contributed by atoms with Crippen molar-refractivity contribution < 1.29 is 29.2 Å². The lowest BCUT2D eigenvalue weighted by atomic mass is 10.0. The molecule has 0 unspecified atom stereocenters. The quantitative estimate of drug-likeness (QED) is 0.703. The number of allylic oxidation sites excluding steroid dienone is 1. The molecule has 2 aromatic rings. The molecule has 0 radical (unpaired) electrons. The Hall–Kier alpha value is -3.07. The van der Waals surface area contributed by atoms with E-state index in [4.69, 9.17) is 19.3 Å². The summed E-state index contributed by atoms with van der Waals surface area (Å²) in [5.74, 6) is 1.87. The van der Waals surface area contributed by atoms with E-state index in [9.17, 15) is 9.90 Å². The van der Waals surface area contributed by atoms with Crippen LogP contribution >= 0.6 is 0 Å². The van der Waals surface area contributed by atoms with Gasteiger partial charge in [-0.1, -0.05) is 6.07 Å². The molecule has 1 saturated heterocycles. The molecule has 3 aliphatic heterocycles. The molecule has 0 spiro atoms. The van der Waals surface area contributed by atoms with Crippen LogP contribution in [0.15, 0.2) is 36.1 Å². The van der Waals surface area contributed by atoms with Crippen molar-refractivity contribution in [2.24, 2.45) is 0 Å². The number of carbonyl (C=O) groups excluding carboxylic acids is 1. The van der Waals surface area contributed by atoms with Crippen LogP contribution in [0.2, 0.25) is 0 Å². The lowest BCUT2D eigenvalue weighted by Crippen LogP contribution is -2.46. The Bertz CT molecular complexity index is 1040. The number of aliphatic hydroxyl groups excluding tert-OH is 1. The van der Waals surface area contributed by atoms with Gasteiger partial charge in [0.1, 0.15) is 11.5 Å². The maximum atomic E-state index is 12.9. The van der Waals surface area contributed by atoms with E-state index in [-0.39, 0.29) is 30.7 Å². The number of fused-ring (bicyclic) bond motifs is 2. The third kappa shape index (κ3) is 3.85. The van der Waals surface area contributed by atoms with Gasteiger partial charge in [0.05, 0.1) is 17.7 Å². The predicted molar refractivity (Wildman–Crippen MR) is 112 cm³/mol. The molecule has 162 valence electrons. The van der Waals surface area contributed by atoms with E-state index < -0.39 is 0 Å². The summed E-state index contributed by atoms with van der Waals surface area (Å²) in [6.07, 6.45) is 1.68. The molecule has 3 aliphatic rings. The Kier molecular flexibility index (Phi) is 5.27. The number of β-amino-alcohol motifs (C(OH)–C–C–N with tert-alkyl or cyclic N) is 1. The van der Waals surface area contributed by atoms with Gasteiger partial charge < -0.3 is 24.4 Å². The first-order chi connectivity index (χ1) is 15.1. The van der Waals surface area contributed by atoms with Crippen LogP contribution in [0.25, 0.3) is 6.08 Å². The van der Waals surface area contributed by atoms with Crippen LogP contribution in [-0.4, -0.2) is 71.9 Å². The first-order valence-corrected chi connectivity index (χ1v) is 10.4. The number of aliphatic hydroxyl groups is 1. The van der Waals surface area contributed by atoms with Gasteiger partial charge in [0.25, 0.3) is 0 Å². The number of piperazine rings is 1. The number of phenols is 1. The maximum Gasteiger partial charge on any atom is 0.231 e. The lowest BCUT2D eigenvalue weighted by Gasteiger charge is -2.34. The Morgan fingerprint density at radius 2 is 1.77 bits per heavy atom. The highest BCUT2D eigenvalue weighted by molar-refractivity contribution is 6.15. The standard InChI is InChI=1S/C23H24N2O6/c26-10-9-24-5-7-25(8-6-24)13-17-18(27)3-2-16-22(28)21(31-23(16)17)12-15-1-4-19-20(11-15)30-14-29-19/h1-4,11-12,26-27H,5-10,13-14H2. The van der Waals surface area contributed by atoms with Crippen LogP contribution in [0.1, 0.15) is 21.5 Å². The molecule has 0 atom stereocenters. The average Bonchev–Trinajstić information content (AvgIpc) is 3.36. The smallest absolute Gasteiger partial charge is 0.231 e. The summed E-state index contributed by atoms with van der Waals surface area (Å²) in [6.45, 7) is 4.84. The molecule has 0 saturated carbocycles. The highest BCUT2D eigenvalue weighted by atomic mass is 16.7. The molecule has 31 heavy (non-hydrogen) atoms. The van der Waals surface area contributed by atoms with Crippen molar-refractivity contribution in [3.05, 3.63) is 52.8 Å². The van der Waals surface area contributed by atoms with Gasteiger partial charge in [-0.3, -0.25) is 14.6 Å². The summed E-state index contributed by atoms with van der Waals surface area (Å²) in [6, 6.07) is 8.61. The number of Topliss-reactive ketones (excluding diaryl/α,β-unsaturated/α-hetero) is 1. The molecule has 8 nitrogen and oxygen atoms in total. The van der Waals surface area contributed by atoms with Gasteiger partial charge >= 0.3 is 0 Å². The first kappa shape index (κ1) is 19.9. The molecule has 2 aromatic carbocycles. The van der Waals surface area contributed by atoms with Gasteiger partial charge in [-0.05, 0) is 35.9 Å². The molecule has 1 fully saturated rings. The van der Waals surface area contributed by atoms with Gasteiger partial charge in [0.15, 0.2) is 17.3 Å². The normalized spacial score (nSPS) is 19.6.